The summed E-state index contributed by atoms with van der Waals surface area (Å²) in [5, 5.41) is 16.7. The Kier molecular flexibility index (Phi) is 14.2. The highest BCUT2D eigenvalue weighted by Gasteiger charge is 2.51. The Hall–Kier alpha value is -7.08. The van der Waals surface area contributed by atoms with Crippen LogP contribution < -0.4 is 34.0 Å². The average molecular weight is 1150 g/mol. The third kappa shape index (κ3) is 10.2. The van der Waals surface area contributed by atoms with Gasteiger partial charge in [0, 0.05) is 99.7 Å². The maximum Gasteiger partial charge on any atom is 0.297 e. The molecule has 1 amide bonds. The summed E-state index contributed by atoms with van der Waals surface area (Å²) in [6, 6.07) is 24.6. The molecule has 3 aromatic carbocycles. The summed E-state index contributed by atoms with van der Waals surface area (Å²) < 4.78 is 68.0. The number of anilines is 4. The number of rotatable bonds is 12. The van der Waals surface area contributed by atoms with Gasteiger partial charge in [-0.05, 0) is 118 Å². The molecule has 1 saturated carbocycles. The third-order valence-corrected chi connectivity index (χ3v) is 20.1. The third-order valence-electron chi connectivity index (χ3n) is 18.8. The summed E-state index contributed by atoms with van der Waals surface area (Å²) in [5.74, 6) is 0.574. The highest BCUT2D eigenvalue weighted by molar-refractivity contribution is 7.90. The van der Waals surface area contributed by atoms with Crippen LogP contribution in [0.5, 0.6) is 17.4 Å². The second-order valence-electron chi connectivity index (χ2n) is 24.0. The van der Waals surface area contributed by atoms with Crippen LogP contribution in [0.25, 0.3) is 11.0 Å². The fourth-order valence-corrected chi connectivity index (χ4v) is 15.5. The molecule has 6 aromatic rings. The molecular formula is C61H70N10O11S. The van der Waals surface area contributed by atoms with Crippen LogP contribution in [0.1, 0.15) is 98.1 Å². The molecule has 436 valence electrons. The lowest BCUT2D eigenvalue weighted by Gasteiger charge is -2.58. The normalized spacial score (nSPS) is 24.8. The molecule has 7 aliphatic heterocycles. The van der Waals surface area contributed by atoms with Crippen LogP contribution in [0.4, 0.5) is 28.4 Å². The number of aromatic amines is 1. The Bertz CT molecular complexity index is 3560. The number of benzene rings is 3. The molecule has 3 aromatic heterocycles. The Morgan fingerprint density at radius 2 is 1.70 bits per heavy atom. The number of nitro benzene ring substituents is 1. The van der Waals surface area contributed by atoms with Gasteiger partial charge in [-0.25, -0.2) is 13.1 Å². The van der Waals surface area contributed by atoms with Crippen LogP contribution >= 0.6 is 0 Å². The van der Waals surface area contributed by atoms with Crippen LogP contribution in [-0.4, -0.2) is 147 Å². The summed E-state index contributed by atoms with van der Waals surface area (Å²) in [4.78, 5) is 49.0. The molecule has 83 heavy (non-hydrogen) atoms. The number of ether oxygens (including phenoxy) is 6. The van der Waals surface area contributed by atoms with Crippen molar-refractivity contribution in [2.45, 2.75) is 113 Å². The first-order valence-electron chi connectivity index (χ1n) is 29.4. The quantitative estimate of drug-likeness (QED) is 0.0771. The van der Waals surface area contributed by atoms with Gasteiger partial charge in [0.2, 0.25) is 5.88 Å². The van der Waals surface area contributed by atoms with E-state index in [2.05, 4.69) is 83.8 Å². The van der Waals surface area contributed by atoms with Crippen molar-refractivity contribution in [1.82, 2.24) is 29.5 Å². The highest BCUT2D eigenvalue weighted by Crippen LogP contribution is 2.55. The molecular weight excluding hydrogens is 1080 g/mol. The van der Waals surface area contributed by atoms with Crippen LogP contribution in [0.15, 0.2) is 96.2 Å². The molecule has 0 unspecified atom stereocenters. The number of pyridine rings is 2. The number of amides is 1. The van der Waals surface area contributed by atoms with E-state index >= 15 is 0 Å². The number of nitrogens with zero attached hydrogens (tertiary/aromatic N) is 7. The highest BCUT2D eigenvalue weighted by atomic mass is 32.2. The maximum absolute atomic E-state index is 15.0. The van der Waals surface area contributed by atoms with Gasteiger partial charge in [-0.2, -0.15) is 4.98 Å². The predicted octanol–water partition coefficient (Wildman–Crippen LogP) is 8.44. The van der Waals surface area contributed by atoms with Gasteiger partial charge in [0.25, 0.3) is 21.6 Å². The van der Waals surface area contributed by atoms with E-state index in [0.29, 0.717) is 68.4 Å². The zero-order chi connectivity index (χ0) is 56.6. The molecule has 8 aliphatic rings. The number of piperazine rings is 1. The number of carbonyl (C=O) groups excluding carboxylic acids is 1. The van der Waals surface area contributed by atoms with Gasteiger partial charge in [0.05, 0.1) is 76.9 Å². The van der Waals surface area contributed by atoms with Crippen molar-refractivity contribution >= 4 is 55.4 Å². The maximum atomic E-state index is 15.0. The standard InChI is InChI=1S/C61H70N10O11S/c1-37(2)81-54-8-4-3-6-44(54)52-32-68(53-35-79-33-47-43(53)7-5-17-62-47)21-22-69(52)41-30-61(31-41)15-19-67(20-16-61)40-9-10-45(49(27-40)70-48-14-25-78-36-56(48)82-60-51(70)26-39-11-18-63-58(39)65-60)59(72)66-83(75,76)42-28-50(71(73)74)57-55(29-42)80-34-46(64-57)38-12-23-77-24-13-38/h3-11,17-18,26-29,37-38,41,46,48,52-53,56,64H,12-16,19-25,30-36H2,1-2H3,(H,63,65)(H,66,72)/t46-,48-,52-,53-,56-/m0/s1. The van der Waals surface area contributed by atoms with E-state index in [0.717, 1.165) is 99.8 Å². The Labute approximate surface area is 482 Å². The molecule has 21 nitrogen and oxygen atoms in total. The van der Waals surface area contributed by atoms with Gasteiger partial charge in [-0.3, -0.25) is 29.7 Å². The molecule has 1 spiro atoms. The number of fused-ring (bicyclic) bond motifs is 5. The Morgan fingerprint density at radius 3 is 2.53 bits per heavy atom. The van der Waals surface area contributed by atoms with Crippen molar-refractivity contribution in [3.8, 4) is 17.4 Å². The van der Waals surface area contributed by atoms with Crippen LogP contribution in [0.3, 0.4) is 0 Å². The molecule has 3 N–H and O–H groups in total. The topological polar surface area (TPSA) is 228 Å². The van der Waals surface area contributed by atoms with E-state index in [1.807, 2.05) is 42.7 Å². The van der Waals surface area contributed by atoms with Gasteiger partial charge >= 0.3 is 0 Å². The summed E-state index contributed by atoms with van der Waals surface area (Å²) in [5.41, 5.74) is 6.04. The number of H-pyrrole nitrogens is 1. The zero-order valence-corrected chi connectivity index (χ0v) is 47.6. The van der Waals surface area contributed by atoms with Crippen LogP contribution in [0.2, 0.25) is 0 Å². The van der Waals surface area contributed by atoms with E-state index < -0.39 is 37.5 Å². The summed E-state index contributed by atoms with van der Waals surface area (Å²) >= 11 is 0. The molecule has 5 atom stereocenters. The van der Waals surface area contributed by atoms with Gasteiger partial charge < -0.3 is 48.5 Å². The fraction of sp³-hybridized carbons (Fsp3) is 0.492. The second kappa shape index (κ2) is 21.8. The minimum atomic E-state index is -4.72. The van der Waals surface area contributed by atoms with E-state index in [4.69, 9.17) is 33.4 Å². The molecule has 10 heterocycles. The van der Waals surface area contributed by atoms with Crippen molar-refractivity contribution in [1.29, 1.82) is 0 Å². The van der Waals surface area contributed by atoms with Crippen LogP contribution in [0, 0.1) is 21.4 Å². The summed E-state index contributed by atoms with van der Waals surface area (Å²) in [7, 11) is -4.72. The van der Waals surface area contributed by atoms with Gasteiger partial charge in [-0.15, -0.1) is 0 Å². The van der Waals surface area contributed by atoms with E-state index in [9.17, 15) is 23.3 Å². The SMILES string of the molecule is CC(C)Oc1ccccc1[C@@H]1CN([C@H]2COCc3ncccc32)CCN1C1CC2(CCN(c3ccc(C(=O)NS(=O)(=O)c4cc5c(c([N+](=O)[O-])c4)N[C@H](C4CCOCC4)CO5)c(N4c5cc6cc[nH]c6nc5O[C@H]5COCC[C@@H]54)c3)CC2)C1. The number of nitrogens with one attached hydrogen (secondary N) is 3. The number of para-hydroxylation sites is 1. The Balaban J connectivity index is 0.740. The average Bonchev–Trinajstić information content (AvgIpc) is 4.15. The zero-order valence-electron chi connectivity index (χ0n) is 46.7. The molecule has 0 bridgehead atoms. The van der Waals surface area contributed by atoms with Crippen molar-refractivity contribution in [3.63, 3.8) is 0 Å². The van der Waals surface area contributed by atoms with E-state index in [-0.39, 0.29) is 71.8 Å². The number of carbonyl (C=O) groups is 1. The first-order chi connectivity index (χ1) is 40.3. The monoisotopic (exact) mass is 1150 g/mol. The molecule has 14 rings (SSSR count). The molecule has 1 aliphatic carbocycles. The van der Waals surface area contributed by atoms with Crippen molar-refractivity contribution in [2.24, 2.45) is 11.3 Å². The number of sulfonamides is 1. The summed E-state index contributed by atoms with van der Waals surface area (Å²) in [6.45, 7) is 11.7. The lowest BCUT2D eigenvalue weighted by atomic mass is 9.59. The smallest absolute Gasteiger partial charge is 0.297 e. The fourth-order valence-electron chi connectivity index (χ4n) is 14.5. The lowest BCUT2D eigenvalue weighted by Crippen LogP contribution is -2.60. The first kappa shape index (κ1) is 53.9. The largest absolute Gasteiger partial charge is 0.491 e. The Morgan fingerprint density at radius 1 is 0.880 bits per heavy atom. The predicted molar refractivity (Wildman–Crippen MR) is 309 cm³/mol. The number of hydrogen-bond acceptors (Lipinski definition) is 18. The number of piperidine rings is 1. The molecule has 4 saturated heterocycles. The van der Waals surface area contributed by atoms with E-state index in [1.54, 1.807) is 6.07 Å². The molecule has 0 radical (unpaired) electrons. The van der Waals surface area contributed by atoms with Crippen LogP contribution in [-0.2, 0) is 30.8 Å². The minimum absolute atomic E-state index is 0.0239. The van der Waals surface area contributed by atoms with Gasteiger partial charge in [0.1, 0.15) is 29.8 Å². The second-order valence-corrected chi connectivity index (χ2v) is 25.7. The lowest BCUT2D eigenvalue weighted by molar-refractivity contribution is -0.384. The minimum Gasteiger partial charge on any atom is -0.491 e. The van der Waals surface area contributed by atoms with Gasteiger partial charge in [-0.1, -0.05) is 24.3 Å². The number of aromatic nitrogens is 3. The van der Waals surface area contributed by atoms with Crippen molar-refractivity contribution < 1.29 is 46.6 Å². The van der Waals surface area contributed by atoms with Gasteiger partial charge in [0.15, 0.2) is 11.4 Å². The molecule has 5 fully saturated rings. The molecule has 22 heteroatoms. The van der Waals surface area contributed by atoms with Crippen molar-refractivity contribution in [2.75, 3.05) is 87.5 Å². The first-order valence-corrected chi connectivity index (χ1v) is 30.9. The number of nitro groups is 1. The van der Waals surface area contributed by atoms with Crippen molar-refractivity contribution in [3.05, 3.63) is 124 Å². The number of hydrogen-bond donors (Lipinski definition) is 3. The summed E-state index contributed by atoms with van der Waals surface area (Å²) in [6.07, 6.45) is 9.48. The van der Waals surface area contributed by atoms with E-state index in [1.165, 1.54) is 17.2 Å².